The number of rotatable bonds is 6. The molecule has 3 rings (SSSR count). The topological polar surface area (TPSA) is 61.7 Å². The first kappa shape index (κ1) is 18.7. The molecule has 2 aromatic rings. The third kappa shape index (κ3) is 4.19. The largest absolute Gasteiger partial charge is 0.504 e. The molecule has 1 saturated heterocycles. The van der Waals surface area contributed by atoms with Crippen molar-refractivity contribution < 1.29 is 14.9 Å². The van der Waals surface area contributed by atoms with Crippen LogP contribution in [0.2, 0.25) is 0 Å². The fourth-order valence-corrected chi connectivity index (χ4v) is 3.86. The van der Waals surface area contributed by atoms with Crippen molar-refractivity contribution in [1.82, 2.24) is 5.32 Å². The second kappa shape index (κ2) is 8.11. The van der Waals surface area contributed by atoms with Gasteiger partial charge >= 0.3 is 0 Å². The summed E-state index contributed by atoms with van der Waals surface area (Å²) in [6, 6.07) is 15.4. The zero-order chi connectivity index (χ0) is 18.6. The van der Waals surface area contributed by atoms with Gasteiger partial charge in [0.1, 0.15) is 6.10 Å². The van der Waals surface area contributed by atoms with E-state index in [4.69, 9.17) is 4.74 Å². The Morgan fingerprint density at radius 1 is 1.19 bits per heavy atom. The molecule has 0 amide bonds. The first-order chi connectivity index (χ1) is 12.5. The van der Waals surface area contributed by atoms with E-state index >= 15 is 0 Å². The summed E-state index contributed by atoms with van der Waals surface area (Å²) >= 11 is 0. The highest BCUT2D eigenvalue weighted by Crippen LogP contribution is 2.35. The van der Waals surface area contributed by atoms with Crippen LogP contribution in [0.25, 0.3) is 0 Å². The maximum absolute atomic E-state index is 11.5. The molecular weight excluding hydrogens is 326 g/mol. The molecule has 26 heavy (non-hydrogen) atoms. The van der Waals surface area contributed by atoms with E-state index in [0.29, 0.717) is 25.1 Å². The molecule has 140 valence electrons. The average molecular weight is 355 g/mol. The second-order valence-electron chi connectivity index (χ2n) is 7.36. The van der Waals surface area contributed by atoms with Gasteiger partial charge in [0, 0.05) is 18.9 Å². The van der Waals surface area contributed by atoms with Gasteiger partial charge in [0.05, 0.1) is 5.60 Å². The predicted octanol–water partition coefficient (Wildman–Crippen LogP) is 3.44. The molecule has 0 aliphatic carbocycles. The summed E-state index contributed by atoms with van der Waals surface area (Å²) in [7, 11) is 0. The lowest BCUT2D eigenvalue weighted by Gasteiger charge is -2.44. The molecule has 2 aromatic carbocycles. The fraction of sp³-hybridized carbons (Fsp3) is 0.455. The van der Waals surface area contributed by atoms with Gasteiger partial charge in [-0.05, 0) is 44.0 Å². The van der Waals surface area contributed by atoms with Crippen LogP contribution in [0.4, 0.5) is 0 Å². The lowest BCUT2D eigenvalue weighted by Crippen LogP contribution is -2.57. The number of benzene rings is 2. The molecule has 1 heterocycles. The third-order valence-electron chi connectivity index (χ3n) is 5.41. The summed E-state index contributed by atoms with van der Waals surface area (Å²) in [5.41, 5.74) is 1.53. The average Bonchev–Trinajstić information content (AvgIpc) is 2.64. The van der Waals surface area contributed by atoms with Crippen molar-refractivity contribution in [2.75, 3.05) is 13.1 Å². The number of para-hydroxylation sites is 2. The smallest absolute Gasteiger partial charge is 0.161 e. The number of hydrogen-bond donors (Lipinski definition) is 3. The number of phenols is 1. The SMILES string of the molecule is CCC(Oc1ccccc1O)C1CNCCC1(O)Cc1ccc(C)cc1. The van der Waals surface area contributed by atoms with Crippen LogP contribution in [-0.4, -0.2) is 35.0 Å². The van der Waals surface area contributed by atoms with Crippen LogP contribution in [0.1, 0.15) is 30.9 Å². The van der Waals surface area contributed by atoms with Crippen molar-refractivity contribution >= 4 is 0 Å². The molecule has 1 fully saturated rings. The predicted molar refractivity (Wildman–Crippen MR) is 104 cm³/mol. The molecule has 1 aliphatic heterocycles. The Morgan fingerprint density at radius 2 is 1.92 bits per heavy atom. The Balaban J connectivity index is 1.81. The maximum Gasteiger partial charge on any atom is 0.161 e. The van der Waals surface area contributed by atoms with E-state index in [0.717, 1.165) is 18.5 Å². The van der Waals surface area contributed by atoms with E-state index < -0.39 is 5.60 Å². The summed E-state index contributed by atoms with van der Waals surface area (Å²) < 4.78 is 6.14. The quantitative estimate of drug-likeness (QED) is 0.743. The first-order valence-corrected chi connectivity index (χ1v) is 9.45. The van der Waals surface area contributed by atoms with E-state index in [1.165, 1.54) is 5.56 Å². The number of nitrogens with one attached hydrogen (secondary N) is 1. The van der Waals surface area contributed by atoms with Crippen LogP contribution >= 0.6 is 0 Å². The van der Waals surface area contributed by atoms with Gasteiger partial charge in [0.2, 0.25) is 0 Å². The lowest BCUT2D eigenvalue weighted by molar-refractivity contribution is -0.0824. The van der Waals surface area contributed by atoms with Crippen LogP contribution in [0.3, 0.4) is 0 Å². The van der Waals surface area contributed by atoms with Gasteiger partial charge in [-0.15, -0.1) is 0 Å². The summed E-state index contributed by atoms with van der Waals surface area (Å²) in [6.45, 7) is 5.63. The monoisotopic (exact) mass is 355 g/mol. The molecule has 3 atom stereocenters. The Kier molecular flexibility index (Phi) is 5.84. The van der Waals surface area contributed by atoms with E-state index in [2.05, 4.69) is 43.4 Å². The summed E-state index contributed by atoms with van der Waals surface area (Å²) in [4.78, 5) is 0. The fourth-order valence-electron chi connectivity index (χ4n) is 3.86. The standard InChI is InChI=1S/C22H29NO3/c1-3-20(26-21-7-5-4-6-19(21)24)18-15-23-13-12-22(18,25)14-17-10-8-16(2)9-11-17/h4-11,18,20,23-25H,3,12-15H2,1-2H3. The van der Waals surface area contributed by atoms with E-state index in [1.807, 2.05) is 6.07 Å². The molecule has 0 aromatic heterocycles. The first-order valence-electron chi connectivity index (χ1n) is 9.45. The molecular formula is C22H29NO3. The lowest BCUT2D eigenvalue weighted by atomic mass is 9.74. The van der Waals surface area contributed by atoms with Crippen molar-refractivity contribution in [1.29, 1.82) is 0 Å². The van der Waals surface area contributed by atoms with Crippen molar-refractivity contribution in [3.05, 3.63) is 59.7 Å². The molecule has 0 radical (unpaired) electrons. The van der Waals surface area contributed by atoms with Gasteiger partial charge in [0.15, 0.2) is 11.5 Å². The summed E-state index contributed by atoms with van der Waals surface area (Å²) in [5.74, 6) is 0.557. The van der Waals surface area contributed by atoms with Gasteiger partial charge in [-0.25, -0.2) is 0 Å². The molecule has 3 unspecified atom stereocenters. The number of aryl methyl sites for hydroxylation is 1. The van der Waals surface area contributed by atoms with Crippen LogP contribution in [0.5, 0.6) is 11.5 Å². The Morgan fingerprint density at radius 3 is 2.62 bits per heavy atom. The van der Waals surface area contributed by atoms with Crippen LogP contribution in [-0.2, 0) is 6.42 Å². The molecule has 0 bridgehead atoms. The van der Waals surface area contributed by atoms with Gasteiger partial charge in [-0.3, -0.25) is 0 Å². The van der Waals surface area contributed by atoms with Crippen LogP contribution in [0, 0.1) is 12.8 Å². The van der Waals surface area contributed by atoms with Crippen LogP contribution < -0.4 is 10.1 Å². The van der Waals surface area contributed by atoms with Crippen molar-refractivity contribution in [2.45, 2.75) is 44.8 Å². The Bertz CT molecular complexity index is 716. The number of hydrogen-bond acceptors (Lipinski definition) is 4. The number of ether oxygens (including phenoxy) is 1. The zero-order valence-corrected chi connectivity index (χ0v) is 15.6. The Labute approximate surface area is 155 Å². The minimum absolute atomic E-state index is 0.0536. The minimum atomic E-state index is -0.828. The molecule has 0 spiro atoms. The van der Waals surface area contributed by atoms with Gasteiger partial charge < -0.3 is 20.3 Å². The van der Waals surface area contributed by atoms with E-state index in [9.17, 15) is 10.2 Å². The normalized spacial score (nSPS) is 24.2. The van der Waals surface area contributed by atoms with Crippen molar-refractivity contribution in [3.63, 3.8) is 0 Å². The highest BCUT2D eigenvalue weighted by atomic mass is 16.5. The number of piperidine rings is 1. The summed E-state index contributed by atoms with van der Waals surface area (Å²) in [5, 5.41) is 25.0. The second-order valence-corrected chi connectivity index (χ2v) is 7.36. The van der Waals surface area contributed by atoms with Gasteiger partial charge in [-0.2, -0.15) is 0 Å². The van der Waals surface area contributed by atoms with Crippen molar-refractivity contribution in [3.8, 4) is 11.5 Å². The molecule has 1 aliphatic rings. The number of aliphatic hydroxyl groups is 1. The van der Waals surface area contributed by atoms with Crippen molar-refractivity contribution in [2.24, 2.45) is 5.92 Å². The van der Waals surface area contributed by atoms with Crippen LogP contribution in [0.15, 0.2) is 48.5 Å². The molecule has 0 saturated carbocycles. The molecule has 3 N–H and O–H groups in total. The number of aromatic hydroxyl groups is 1. The number of phenolic OH excluding ortho intramolecular Hbond substituents is 1. The summed E-state index contributed by atoms with van der Waals surface area (Å²) in [6.07, 6.45) is 1.88. The van der Waals surface area contributed by atoms with Gasteiger partial charge in [-0.1, -0.05) is 48.9 Å². The highest BCUT2D eigenvalue weighted by molar-refractivity contribution is 5.38. The third-order valence-corrected chi connectivity index (χ3v) is 5.41. The Hall–Kier alpha value is -2.04. The van der Waals surface area contributed by atoms with Gasteiger partial charge in [0.25, 0.3) is 0 Å². The zero-order valence-electron chi connectivity index (χ0n) is 15.6. The van der Waals surface area contributed by atoms with E-state index in [-0.39, 0.29) is 17.8 Å². The molecule has 4 heteroatoms. The minimum Gasteiger partial charge on any atom is -0.504 e. The van der Waals surface area contributed by atoms with E-state index in [1.54, 1.807) is 18.2 Å². The maximum atomic E-state index is 11.5. The highest BCUT2D eigenvalue weighted by Gasteiger charge is 2.43. The molecule has 4 nitrogen and oxygen atoms in total.